The summed E-state index contributed by atoms with van der Waals surface area (Å²) >= 11 is 0. The van der Waals surface area contributed by atoms with Gasteiger partial charge in [0.05, 0.1) is 52.9 Å². The monoisotopic (exact) mass is 473 g/mol. The van der Waals surface area contributed by atoms with E-state index < -0.39 is 0 Å². The van der Waals surface area contributed by atoms with Crippen LogP contribution in [0.2, 0.25) is 0 Å². The molecule has 0 radical (unpaired) electrons. The second-order valence-electron chi connectivity index (χ2n) is 6.04. The van der Waals surface area contributed by atoms with E-state index in [0.717, 1.165) is 18.2 Å². The first kappa shape index (κ1) is 30.4. The Morgan fingerprint density at radius 1 is 0.576 bits per heavy atom. The smallest absolute Gasteiger partial charge is 0.245 e. The molecule has 12 nitrogen and oxygen atoms in total. The van der Waals surface area contributed by atoms with E-state index in [9.17, 15) is 14.4 Å². The lowest BCUT2D eigenvalue weighted by Gasteiger charge is -2.18. The van der Waals surface area contributed by atoms with E-state index in [2.05, 4.69) is 35.7 Å². The molecule has 12 heteroatoms. The molecule has 0 atom stereocenters. The van der Waals surface area contributed by atoms with Gasteiger partial charge in [-0.25, -0.2) is 0 Å². The third-order valence-electron chi connectivity index (χ3n) is 3.53. The van der Waals surface area contributed by atoms with Crippen molar-refractivity contribution in [2.75, 3.05) is 73.0 Å². The predicted octanol–water partition coefficient (Wildman–Crippen LogP) is -0.766. The molecule has 0 bridgehead atoms. The number of amides is 3. The third kappa shape index (κ3) is 21.0. The van der Waals surface area contributed by atoms with E-state index >= 15 is 0 Å². The van der Waals surface area contributed by atoms with Crippen LogP contribution in [-0.2, 0) is 42.8 Å². The van der Waals surface area contributed by atoms with Gasteiger partial charge in [0, 0.05) is 0 Å². The second-order valence-corrected chi connectivity index (χ2v) is 6.04. The maximum Gasteiger partial charge on any atom is 0.245 e. The van der Waals surface area contributed by atoms with Crippen molar-refractivity contribution in [3.05, 3.63) is 38.0 Å². The molecule has 0 spiro atoms. The van der Waals surface area contributed by atoms with E-state index in [4.69, 9.17) is 28.4 Å². The lowest BCUT2D eigenvalue weighted by Crippen LogP contribution is -2.30. The van der Waals surface area contributed by atoms with Crippen LogP contribution in [0.15, 0.2) is 38.0 Å². The predicted molar refractivity (Wildman–Crippen MR) is 119 cm³/mol. The maximum absolute atomic E-state index is 11.0. The highest BCUT2D eigenvalue weighted by Gasteiger charge is 2.10. The molecular weight excluding hydrogens is 438 g/mol. The molecular formula is C21H35N3O9. The Hall–Kier alpha value is -2.61. The molecule has 0 saturated carbocycles. The Labute approximate surface area is 194 Å². The Morgan fingerprint density at radius 2 is 0.909 bits per heavy atom. The number of carbonyl (C=O) groups is 3. The second kappa shape index (κ2) is 22.6. The van der Waals surface area contributed by atoms with Crippen LogP contribution in [0.5, 0.6) is 0 Å². The molecule has 0 unspecified atom stereocenters. The van der Waals surface area contributed by atoms with Crippen molar-refractivity contribution in [3.63, 3.8) is 0 Å². The quantitative estimate of drug-likeness (QED) is 0.0991. The van der Waals surface area contributed by atoms with Gasteiger partial charge in [-0.1, -0.05) is 19.7 Å². The highest BCUT2D eigenvalue weighted by molar-refractivity contribution is 5.87. The Kier molecular flexibility index (Phi) is 20.8. The van der Waals surface area contributed by atoms with Crippen molar-refractivity contribution < 1.29 is 42.8 Å². The van der Waals surface area contributed by atoms with Gasteiger partial charge >= 0.3 is 0 Å². The average Bonchev–Trinajstić information content (AvgIpc) is 2.83. The zero-order chi connectivity index (χ0) is 24.6. The minimum atomic E-state index is -0.377. The maximum atomic E-state index is 11.0. The summed E-state index contributed by atoms with van der Waals surface area (Å²) in [6.07, 6.45) is 3.08. The van der Waals surface area contributed by atoms with Crippen molar-refractivity contribution in [2.24, 2.45) is 0 Å². The van der Waals surface area contributed by atoms with Gasteiger partial charge in [0.1, 0.15) is 26.3 Å². The van der Waals surface area contributed by atoms with Gasteiger partial charge in [-0.3, -0.25) is 14.4 Å². The number of nitrogens with one attached hydrogen (secondary N) is 3. The molecule has 33 heavy (non-hydrogen) atoms. The zero-order valence-corrected chi connectivity index (χ0v) is 18.9. The van der Waals surface area contributed by atoms with Crippen molar-refractivity contribution in [2.45, 2.75) is 6.10 Å². The van der Waals surface area contributed by atoms with Gasteiger partial charge in [-0.05, 0) is 18.2 Å². The Bertz CT molecular complexity index is 553. The first-order valence-corrected chi connectivity index (χ1v) is 10.2. The lowest BCUT2D eigenvalue weighted by molar-refractivity contribution is -0.120. The molecule has 0 aliphatic rings. The summed E-state index contributed by atoms with van der Waals surface area (Å²) in [7, 11) is 0. The zero-order valence-electron chi connectivity index (χ0n) is 18.9. The Balaban J connectivity index is 4.03. The fraction of sp³-hybridized carbons (Fsp3) is 0.571. The molecule has 3 amide bonds. The van der Waals surface area contributed by atoms with Gasteiger partial charge in [0.25, 0.3) is 0 Å². The molecule has 3 N–H and O–H groups in total. The van der Waals surface area contributed by atoms with Gasteiger partial charge in [-0.2, -0.15) is 0 Å². The first-order chi connectivity index (χ1) is 16.0. The number of hydrogen-bond donors (Lipinski definition) is 3. The molecule has 0 aromatic heterocycles. The average molecular weight is 474 g/mol. The standard InChI is InChI=1S/C21H35N3O9/c1-4-19(25)22-15-30-9-7-28-13-18(33-12-11-32-17-24-21(27)6-3)14-29-8-10-31-16-23-20(26)5-2/h4-6,18H,1-3,7-17H2,(H,22,25)(H,23,26)(H,24,27). The van der Waals surface area contributed by atoms with Crippen LogP contribution < -0.4 is 16.0 Å². The van der Waals surface area contributed by atoms with Crippen LogP contribution in [0.1, 0.15) is 0 Å². The molecule has 0 fully saturated rings. The molecule has 0 saturated heterocycles. The van der Waals surface area contributed by atoms with Gasteiger partial charge in [0.2, 0.25) is 17.7 Å². The van der Waals surface area contributed by atoms with Crippen molar-refractivity contribution in [3.8, 4) is 0 Å². The van der Waals surface area contributed by atoms with Crippen LogP contribution in [0.4, 0.5) is 0 Å². The summed E-state index contributed by atoms with van der Waals surface area (Å²) in [5, 5.41) is 7.45. The SMILES string of the molecule is C=CC(=O)NCOCCOCC(COCCOCNC(=O)C=C)OCCOCNC(=O)C=C. The summed E-state index contributed by atoms with van der Waals surface area (Å²) in [6, 6.07) is 0. The molecule has 0 rings (SSSR count). The van der Waals surface area contributed by atoms with Crippen LogP contribution in [0.3, 0.4) is 0 Å². The topological polar surface area (TPSA) is 143 Å². The summed E-state index contributed by atoms with van der Waals surface area (Å²) < 4.78 is 32.4. The number of rotatable bonds is 23. The molecule has 0 aromatic rings. The van der Waals surface area contributed by atoms with E-state index in [1.807, 2.05) is 0 Å². The molecule has 0 aliphatic carbocycles. The fourth-order valence-electron chi connectivity index (χ4n) is 1.88. The van der Waals surface area contributed by atoms with Crippen molar-refractivity contribution in [1.29, 1.82) is 0 Å². The number of hydrogen-bond acceptors (Lipinski definition) is 9. The van der Waals surface area contributed by atoms with Crippen LogP contribution in [-0.4, -0.2) is 96.9 Å². The van der Waals surface area contributed by atoms with Crippen molar-refractivity contribution >= 4 is 17.7 Å². The lowest BCUT2D eigenvalue weighted by atomic mass is 10.4. The van der Waals surface area contributed by atoms with E-state index in [0.29, 0.717) is 13.2 Å². The van der Waals surface area contributed by atoms with Gasteiger partial charge in [-0.15, -0.1) is 0 Å². The highest BCUT2D eigenvalue weighted by atomic mass is 16.6. The summed E-state index contributed by atoms with van der Waals surface area (Å²) in [5.74, 6) is -0.965. The number of carbonyl (C=O) groups excluding carboxylic acids is 3. The van der Waals surface area contributed by atoms with Gasteiger partial charge in [0.15, 0.2) is 0 Å². The summed E-state index contributed by atoms with van der Waals surface area (Å²) in [5.41, 5.74) is 0. The number of ether oxygens (including phenoxy) is 6. The van der Waals surface area contributed by atoms with Crippen LogP contribution in [0.25, 0.3) is 0 Å². The van der Waals surface area contributed by atoms with Crippen LogP contribution in [0, 0.1) is 0 Å². The highest BCUT2D eigenvalue weighted by Crippen LogP contribution is 1.97. The van der Waals surface area contributed by atoms with E-state index in [1.165, 1.54) is 0 Å². The molecule has 0 heterocycles. The van der Waals surface area contributed by atoms with E-state index in [1.54, 1.807) is 0 Å². The van der Waals surface area contributed by atoms with Crippen molar-refractivity contribution in [1.82, 2.24) is 16.0 Å². The third-order valence-corrected chi connectivity index (χ3v) is 3.53. The minimum Gasteiger partial charge on any atom is -0.376 e. The fourth-order valence-corrected chi connectivity index (χ4v) is 1.88. The molecule has 188 valence electrons. The van der Waals surface area contributed by atoms with Gasteiger partial charge < -0.3 is 44.4 Å². The first-order valence-electron chi connectivity index (χ1n) is 10.2. The Morgan fingerprint density at radius 3 is 1.27 bits per heavy atom. The largest absolute Gasteiger partial charge is 0.376 e. The summed E-state index contributed by atoms with van der Waals surface area (Å²) in [4.78, 5) is 33.0. The minimum absolute atomic E-state index is 0.0470. The summed E-state index contributed by atoms with van der Waals surface area (Å²) in [6.45, 7) is 12.3. The molecule has 0 aliphatic heterocycles. The van der Waals surface area contributed by atoms with Crippen LogP contribution >= 0.6 is 0 Å². The molecule has 0 aromatic carbocycles. The normalized spacial score (nSPS) is 10.5. The van der Waals surface area contributed by atoms with E-state index in [-0.39, 0.29) is 83.7 Å².